The first-order valence-corrected chi connectivity index (χ1v) is 13.9. The summed E-state index contributed by atoms with van der Waals surface area (Å²) >= 11 is 0. The van der Waals surface area contributed by atoms with Gasteiger partial charge in [-0.1, -0.05) is 13.8 Å². The Labute approximate surface area is 219 Å². The van der Waals surface area contributed by atoms with E-state index in [4.69, 9.17) is 4.74 Å². The number of aliphatic hydroxyl groups excluding tert-OH is 1. The van der Waals surface area contributed by atoms with Gasteiger partial charge in [0, 0.05) is 11.3 Å². The van der Waals surface area contributed by atoms with Gasteiger partial charge in [0.15, 0.2) is 5.78 Å². The van der Waals surface area contributed by atoms with Crippen LogP contribution in [0.15, 0.2) is 11.6 Å². The minimum atomic E-state index is -1.49. The van der Waals surface area contributed by atoms with E-state index >= 15 is 0 Å². The molecule has 4 aliphatic carbocycles. The van der Waals surface area contributed by atoms with E-state index in [1.54, 1.807) is 26.8 Å². The van der Waals surface area contributed by atoms with Crippen LogP contribution >= 0.6 is 0 Å². The molecule has 3 saturated carbocycles. The highest BCUT2D eigenvalue weighted by Gasteiger charge is 2.70. The quantitative estimate of drug-likeness (QED) is 0.347. The van der Waals surface area contributed by atoms with Gasteiger partial charge >= 0.3 is 5.97 Å². The molecule has 0 unspecified atom stereocenters. The Morgan fingerprint density at radius 1 is 1.08 bits per heavy atom. The van der Waals surface area contributed by atoms with Crippen molar-refractivity contribution in [2.75, 3.05) is 0 Å². The first-order chi connectivity index (χ1) is 16.9. The molecule has 8 nitrogen and oxygen atoms in total. The standard InChI is InChI=1S/C29H44O8/c1-24(2,33)9-8-21(31)27(5,34)20-7-11-29(36)17-12-19(30)18-13-22-28(35,14-23(32)37-22)15-25(18,3)16(17)6-10-26(20,29)4/h12,16,18,20-22,31,33-36H,6-11,13-15H2,1-5H3/t16-,18-,20-,21+,22+,25+,26+,27+,28+,29+/m0/s1. The summed E-state index contributed by atoms with van der Waals surface area (Å²) in [5.74, 6) is -1.48. The third-order valence-electron chi connectivity index (χ3n) is 11.4. The zero-order chi connectivity index (χ0) is 27.4. The Kier molecular flexibility index (Phi) is 5.97. The highest BCUT2D eigenvalue weighted by molar-refractivity contribution is 5.95. The minimum absolute atomic E-state index is 0.0740. The average Bonchev–Trinajstić information content (AvgIpc) is 3.21. The fourth-order valence-corrected chi connectivity index (χ4v) is 9.29. The fraction of sp³-hybridized carbons (Fsp3) is 0.862. The number of aliphatic hydroxyl groups is 5. The molecule has 8 heteroatoms. The van der Waals surface area contributed by atoms with Gasteiger partial charge in [-0.25, -0.2) is 0 Å². The van der Waals surface area contributed by atoms with Crippen LogP contribution in [0.2, 0.25) is 0 Å². The number of esters is 1. The molecule has 0 spiro atoms. The summed E-state index contributed by atoms with van der Waals surface area (Å²) < 4.78 is 5.39. The molecule has 0 bridgehead atoms. The Hall–Kier alpha value is -1.32. The maximum absolute atomic E-state index is 13.5. The monoisotopic (exact) mass is 520 g/mol. The molecule has 1 heterocycles. The number of hydrogen-bond acceptors (Lipinski definition) is 8. The van der Waals surface area contributed by atoms with E-state index in [-0.39, 0.29) is 37.4 Å². The normalized spacial score (nSPS) is 47.7. The SMILES string of the molecule is CC(C)(O)CC[C@@H](O)[C@](C)(O)[C@H]1CC[C@@]2(O)C3=CC(=O)[C@@H]4C[C@H]5OC(=O)C[C@@]5(O)C[C@]4(C)[C@H]3CC[C@]12C. The summed E-state index contributed by atoms with van der Waals surface area (Å²) in [6, 6.07) is 0. The van der Waals surface area contributed by atoms with Crippen LogP contribution in [0.3, 0.4) is 0 Å². The first kappa shape index (κ1) is 27.3. The highest BCUT2D eigenvalue weighted by atomic mass is 16.6. The van der Waals surface area contributed by atoms with Crippen LogP contribution in [-0.4, -0.2) is 71.9 Å². The second-order valence-corrected chi connectivity index (χ2v) is 14.3. The lowest BCUT2D eigenvalue weighted by Gasteiger charge is -2.61. The number of carbonyl (C=O) groups is 2. The molecule has 10 atom stereocenters. The van der Waals surface area contributed by atoms with Gasteiger partial charge in [-0.05, 0) is 101 Å². The van der Waals surface area contributed by atoms with Crippen molar-refractivity contribution in [1.29, 1.82) is 0 Å². The van der Waals surface area contributed by atoms with Crippen LogP contribution in [0, 0.1) is 28.6 Å². The predicted octanol–water partition coefficient (Wildman–Crippen LogP) is 2.18. The lowest BCUT2D eigenvalue weighted by Crippen LogP contribution is -2.64. The van der Waals surface area contributed by atoms with E-state index in [2.05, 4.69) is 0 Å². The van der Waals surface area contributed by atoms with E-state index in [1.807, 2.05) is 13.8 Å². The number of ether oxygens (including phenoxy) is 1. The Morgan fingerprint density at radius 2 is 1.76 bits per heavy atom. The number of rotatable bonds is 5. The number of carbonyl (C=O) groups excluding carboxylic acids is 2. The number of allylic oxidation sites excluding steroid dienone is 1. The summed E-state index contributed by atoms with van der Waals surface area (Å²) in [5, 5.41) is 56.5. The molecule has 0 amide bonds. The van der Waals surface area contributed by atoms with E-state index in [0.29, 0.717) is 37.7 Å². The predicted molar refractivity (Wildman–Crippen MR) is 134 cm³/mol. The molecule has 4 fully saturated rings. The van der Waals surface area contributed by atoms with Gasteiger partial charge in [-0.2, -0.15) is 0 Å². The molecule has 208 valence electrons. The number of hydrogen-bond donors (Lipinski definition) is 5. The van der Waals surface area contributed by atoms with E-state index in [9.17, 15) is 35.1 Å². The van der Waals surface area contributed by atoms with Crippen molar-refractivity contribution in [3.05, 3.63) is 11.6 Å². The van der Waals surface area contributed by atoms with Gasteiger partial charge < -0.3 is 30.3 Å². The summed E-state index contributed by atoms with van der Waals surface area (Å²) in [6.07, 6.45) is 3.02. The zero-order valence-electron chi connectivity index (χ0n) is 22.8. The fourth-order valence-electron chi connectivity index (χ4n) is 9.29. The Bertz CT molecular complexity index is 1030. The minimum Gasteiger partial charge on any atom is -0.459 e. The second kappa shape index (κ2) is 8.10. The van der Waals surface area contributed by atoms with Crippen LogP contribution in [0.4, 0.5) is 0 Å². The van der Waals surface area contributed by atoms with Crippen LogP contribution in [0.25, 0.3) is 0 Å². The zero-order valence-corrected chi connectivity index (χ0v) is 22.8. The number of ketones is 1. The van der Waals surface area contributed by atoms with E-state index in [1.165, 1.54) is 0 Å². The van der Waals surface area contributed by atoms with Crippen LogP contribution < -0.4 is 0 Å². The molecular formula is C29H44O8. The molecule has 0 aromatic rings. The van der Waals surface area contributed by atoms with Crippen LogP contribution in [0.5, 0.6) is 0 Å². The molecule has 0 radical (unpaired) electrons. The first-order valence-electron chi connectivity index (χ1n) is 13.9. The molecule has 1 saturated heterocycles. The van der Waals surface area contributed by atoms with Gasteiger partial charge in [0.2, 0.25) is 0 Å². The van der Waals surface area contributed by atoms with Gasteiger partial charge in [0.1, 0.15) is 11.7 Å². The molecule has 5 aliphatic rings. The van der Waals surface area contributed by atoms with Crippen LogP contribution in [0.1, 0.15) is 92.4 Å². The molecule has 5 N–H and O–H groups in total. The Morgan fingerprint density at radius 3 is 2.41 bits per heavy atom. The third-order valence-corrected chi connectivity index (χ3v) is 11.4. The van der Waals surface area contributed by atoms with Crippen molar-refractivity contribution < 1.29 is 39.9 Å². The lowest BCUT2D eigenvalue weighted by atomic mass is 9.44. The van der Waals surface area contributed by atoms with Crippen molar-refractivity contribution >= 4 is 11.8 Å². The van der Waals surface area contributed by atoms with Crippen molar-refractivity contribution in [2.24, 2.45) is 28.6 Å². The smallest absolute Gasteiger partial charge is 0.309 e. The summed E-state index contributed by atoms with van der Waals surface area (Å²) in [4.78, 5) is 25.6. The lowest BCUT2D eigenvalue weighted by molar-refractivity contribution is -0.184. The largest absolute Gasteiger partial charge is 0.459 e. The van der Waals surface area contributed by atoms with Gasteiger partial charge in [0.05, 0.1) is 29.3 Å². The number of fused-ring (bicyclic) bond motifs is 6. The molecule has 0 aromatic carbocycles. The van der Waals surface area contributed by atoms with Crippen molar-refractivity contribution in [2.45, 2.75) is 127 Å². The van der Waals surface area contributed by atoms with Gasteiger partial charge in [-0.3, -0.25) is 9.59 Å². The van der Waals surface area contributed by atoms with Gasteiger partial charge in [0.25, 0.3) is 0 Å². The second-order valence-electron chi connectivity index (χ2n) is 14.3. The topological polar surface area (TPSA) is 145 Å². The maximum atomic E-state index is 13.5. The summed E-state index contributed by atoms with van der Waals surface area (Å²) in [5.41, 5.74) is -5.79. The van der Waals surface area contributed by atoms with E-state index in [0.717, 1.165) is 0 Å². The van der Waals surface area contributed by atoms with Crippen LogP contribution in [-0.2, 0) is 14.3 Å². The van der Waals surface area contributed by atoms with E-state index < -0.39 is 63.2 Å². The molecule has 5 rings (SSSR count). The molecular weight excluding hydrogens is 476 g/mol. The summed E-state index contributed by atoms with van der Waals surface area (Å²) in [6.45, 7) is 8.94. The molecule has 0 aromatic heterocycles. The van der Waals surface area contributed by atoms with Crippen molar-refractivity contribution in [1.82, 2.24) is 0 Å². The Balaban J connectivity index is 1.47. The highest BCUT2D eigenvalue weighted by Crippen LogP contribution is 2.69. The van der Waals surface area contributed by atoms with Crippen molar-refractivity contribution in [3.63, 3.8) is 0 Å². The average molecular weight is 521 g/mol. The summed E-state index contributed by atoms with van der Waals surface area (Å²) in [7, 11) is 0. The third kappa shape index (κ3) is 3.80. The van der Waals surface area contributed by atoms with Crippen molar-refractivity contribution in [3.8, 4) is 0 Å². The van der Waals surface area contributed by atoms with Gasteiger partial charge in [-0.15, -0.1) is 0 Å². The maximum Gasteiger partial charge on any atom is 0.309 e. The molecule has 37 heavy (non-hydrogen) atoms. The molecule has 1 aliphatic heterocycles.